The number of aliphatic hydroxyl groups is 1. The Kier molecular flexibility index (Phi) is 6.38. The SMILES string of the molecule is CCCCCCCCc1ccccc1N1CCC(O)C1. The van der Waals surface area contributed by atoms with Crippen LogP contribution in [0, 0.1) is 0 Å². The largest absolute Gasteiger partial charge is 0.391 e. The van der Waals surface area contributed by atoms with Gasteiger partial charge in [-0.2, -0.15) is 0 Å². The summed E-state index contributed by atoms with van der Waals surface area (Å²) in [6.07, 6.45) is 10.0. The molecule has 1 saturated heterocycles. The number of hydrogen-bond donors (Lipinski definition) is 1. The highest BCUT2D eigenvalue weighted by Gasteiger charge is 2.21. The van der Waals surface area contributed by atoms with Gasteiger partial charge in [0.15, 0.2) is 0 Å². The lowest BCUT2D eigenvalue weighted by Gasteiger charge is -2.21. The first-order chi connectivity index (χ1) is 9.81. The van der Waals surface area contributed by atoms with Crippen LogP contribution in [0.1, 0.15) is 57.4 Å². The molecule has 1 N–H and O–H groups in total. The number of aryl methyl sites for hydroxylation is 1. The van der Waals surface area contributed by atoms with Crippen molar-refractivity contribution in [2.45, 2.75) is 64.4 Å². The monoisotopic (exact) mass is 275 g/mol. The minimum atomic E-state index is -0.142. The van der Waals surface area contributed by atoms with Crippen molar-refractivity contribution in [1.82, 2.24) is 0 Å². The Morgan fingerprint density at radius 2 is 1.85 bits per heavy atom. The molecule has 1 aliphatic rings. The molecule has 1 aromatic rings. The molecule has 0 saturated carbocycles. The maximum absolute atomic E-state index is 9.71. The van der Waals surface area contributed by atoms with Gasteiger partial charge in [0.05, 0.1) is 6.10 Å². The quantitative estimate of drug-likeness (QED) is 0.720. The van der Waals surface area contributed by atoms with Crippen molar-refractivity contribution in [1.29, 1.82) is 0 Å². The smallest absolute Gasteiger partial charge is 0.0731 e. The summed E-state index contributed by atoms with van der Waals surface area (Å²) >= 11 is 0. The molecule has 112 valence electrons. The number of β-amino-alcohol motifs (C(OH)–C–C–N with tert-alkyl or cyclic N) is 1. The molecular formula is C18H29NO. The van der Waals surface area contributed by atoms with Crippen LogP contribution in [0.5, 0.6) is 0 Å². The average molecular weight is 275 g/mol. The fraction of sp³-hybridized carbons (Fsp3) is 0.667. The number of aliphatic hydroxyl groups excluding tert-OH is 1. The Labute approximate surface area is 123 Å². The summed E-state index contributed by atoms with van der Waals surface area (Å²) in [5.41, 5.74) is 2.80. The van der Waals surface area contributed by atoms with E-state index < -0.39 is 0 Å². The predicted octanol–water partition coefficient (Wildman–Crippen LogP) is 4.16. The zero-order chi connectivity index (χ0) is 14.2. The van der Waals surface area contributed by atoms with Crippen LogP contribution in [-0.2, 0) is 6.42 Å². The molecule has 2 nitrogen and oxygen atoms in total. The normalized spacial score (nSPS) is 18.7. The van der Waals surface area contributed by atoms with Crippen molar-refractivity contribution in [3.05, 3.63) is 29.8 Å². The standard InChI is InChI=1S/C18H29NO/c1-2-3-4-5-6-7-10-16-11-8-9-12-18(16)19-14-13-17(20)15-19/h8-9,11-12,17,20H,2-7,10,13-15H2,1H3. The van der Waals surface area contributed by atoms with E-state index in [-0.39, 0.29) is 6.10 Å². The number of para-hydroxylation sites is 1. The van der Waals surface area contributed by atoms with Gasteiger partial charge in [0.25, 0.3) is 0 Å². The first-order valence-electron chi connectivity index (χ1n) is 8.32. The van der Waals surface area contributed by atoms with Gasteiger partial charge in [-0.3, -0.25) is 0 Å². The summed E-state index contributed by atoms with van der Waals surface area (Å²) in [6, 6.07) is 8.73. The molecule has 1 fully saturated rings. The molecule has 2 rings (SSSR count). The van der Waals surface area contributed by atoms with E-state index in [9.17, 15) is 5.11 Å². The molecule has 1 aromatic carbocycles. The van der Waals surface area contributed by atoms with Crippen LogP contribution in [0.4, 0.5) is 5.69 Å². The third-order valence-corrected chi connectivity index (χ3v) is 4.30. The van der Waals surface area contributed by atoms with Crippen LogP contribution >= 0.6 is 0 Å². The third-order valence-electron chi connectivity index (χ3n) is 4.30. The fourth-order valence-corrected chi connectivity index (χ4v) is 3.09. The minimum absolute atomic E-state index is 0.142. The van der Waals surface area contributed by atoms with Gasteiger partial charge >= 0.3 is 0 Å². The predicted molar refractivity (Wildman–Crippen MR) is 86.4 cm³/mol. The number of hydrogen-bond acceptors (Lipinski definition) is 2. The molecule has 0 bridgehead atoms. The van der Waals surface area contributed by atoms with E-state index in [1.54, 1.807) is 0 Å². The molecule has 1 atom stereocenters. The van der Waals surface area contributed by atoms with Crippen molar-refractivity contribution in [3.8, 4) is 0 Å². The Morgan fingerprint density at radius 3 is 2.60 bits per heavy atom. The lowest BCUT2D eigenvalue weighted by atomic mass is 10.0. The third kappa shape index (κ3) is 4.52. The minimum Gasteiger partial charge on any atom is -0.391 e. The number of unbranched alkanes of at least 4 members (excludes halogenated alkanes) is 5. The summed E-state index contributed by atoms with van der Waals surface area (Å²) in [4.78, 5) is 2.34. The lowest BCUT2D eigenvalue weighted by Crippen LogP contribution is -2.22. The van der Waals surface area contributed by atoms with Gasteiger partial charge < -0.3 is 10.0 Å². The molecule has 0 aromatic heterocycles. The maximum atomic E-state index is 9.71. The lowest BCUT2D eigenvalue weighted by molar-refractivity contribution is 0.198. The summed E-state index contributed by atoms with van der Waals surface area (Å²) in [5, 5.41) is 9.71. The highest BCUT2D eigenvalue weighted by atomic mass is 16.3. The van der Waals surface area contributed by atoms with Crippen molar-refractivity contribution >= 4 is 5.69 Å². The first kappa shape index (κ1) is 15.4. The maximum Gasteiger partial charge on any atom is 0.0731 e. The number of benzene rings is 1. The van der Waals surface area contributed by atoms with E-state index in [0.717, 1.165) is 19.5 Å². The van der Waals surface area contributed by atoms with Crippen LogP contribution in [0.2, 0.25) is 0 Å². The Bertz CT molecular complexity index is 391. The van der Waals surface area contributed by atoms with Crippen LogP contribution in [0.15, 0.2) is 24.3 Å². The average Bonchev–Trinajstić information content (AvgIpc) is 2.89. The van der Waals surface area contributed by atoms with Gasteiger partial charge in [0, 0.05) is 18.8 Å². The van der Waals surface area contributed by atoms with E-state index in [4.69, 9.17) is 0 Å². The van der Waals surface area contributed by atoms with Gasteiger partial charge in [-0.15, -0.1) is 0 Å². The van der Waals surface area contributed by atoms with Crippen LogP contribution in [0.3, 0.4) is 0 Å². The summed E-state index contributed by atoms with van der Waals surface area (Å²) < 4.78 is 0. The molecule has 2 heteroatoms. The zero-order valence-electron chi connectivity index (χ0n) is 12.9. The Morgan fingerprint density at radius 1 is 1.10 bits per heavy atom. The van der Waals surface area contributed by atoms with Gasteiger partial charge in [-0.05, 0) is 30.9 Å². The fourth-order valence-electron chi connectivity index (χ4n) is 3.09. The van der Waals surface area contributed by atoms with Gasteiger partial charge in [-0.1, -0.05) is 57.2 Å². The van der Waals surface area contributed by atoms with E-state index in [1.165, 1.54) is 56.2 Å². The molecule has 0 spiro atoms. The van der Waals surface area contributed by atoms with Gasteiger partial charge in [0.2, 0.25) is 0 Å². The number of rotatable bonds is 8. The molecule has 0 radical (unpaired) electrons. The molecule has 20 heavy (non-hydrogen) atoms. The molecule has 0 aliphatic carbocycles. The van der Waals surface area contributed by atoms with Crippen LogP contribution in [-0.4, -0.2) is 24.3 Å². The number of nitrogens with zero attached hydrogens (tertiary/aromatic N) is 1. The van der Waals surface area contributed by atoms with Crippen molar-refractivity contribution in [2.75, 3.05) is 18.0 Å². The van der Waals surface area contributed by atoms with E-state index >= 15 is 0 Å². The zero-order valence-corrected chi connectivity index (χ0v) is 12.9. The molecule has 1 heterocycles. The van der Waals surface area contributed by atoms with Crippen LogP contribution < -0.4 is 4.90 Å². The summed E-state index contributed by atoms with van der Waals surface area (Å²) in [5.74, 6) is 0. The second kappa shape index (κ2) is 8.31. The van der Waals surface area contributed by atoms with Crippen molar-refractivity contribution < 1.29 is 5.11 Å². The van der Waals surface area contributed by atoms with E-state index in [2.05, 4.69) is 36.1 Å². The summed E-state index contributed by atoms with van der Waals surface area (Å²) in [6.45, 7) is 4.06. The van der Waals surface area contributed by atoms with Crippen LogP contribution in [0.25, 0.3) is 0 Å². The number of anilines is 1. The first-order valence-corrected chi connectivity index (χ1v) is 8.32. The van der Waals surface area contributed by atoms with E-state index in [0.29, 0.717) is 0 Å². The highest BCUT2D eigenvalue weighted by molar-refractivity contribution is 5.54. The highest BCUT2D eigenvalue weighted by Crippen LogP contribution is 2.26. The Hall–Kier alpha value is -1.02. The van der Waals surface area contributed by atoms with Crippen molar-refractivity contribution in [2.24, 2.45) is 0 Å². The molecular weight excluding hydrogens is 246 g/mol. The van der Waals surface area contributed by atoms with Gasteiger partial charge in [-0.25, -0.2) is 0 Å². The van der Waals surface area contributed by atoms with Gasteiger partial charge in [0.1, 0.15) is 0 Å². The second-order valence-corrected chi connectivity index (χ2v) is 6.03. The molecule has 1 aliphatic heterocycles. The van der Waals surface area contributed by atoms with E-state index in [1.807, 2.05) is 0 Å². The Balaban J connectivity index is 1.82. The topological polar surface area (TPSA) is 23.5 Å². The second-order valence-electron chi connectivity index (χ2n) is 6.03. The van der Waals surface area contributed by atoms with Crippen molar-refractivity contribution in [3.63, 3.8) is 0 Å². The summed E-state index contributed by atoms with van der Waals surface area (Å²) in [7, 11) is 0. The molecule has 1 unspecified atom stereocenters. The molecule has 0 amide bonds.